The largest absolute Gasteiger partial charge is 0.459 e. The Labute approximate surface area is 140 Å². The molecule has 3 rings (SSSR count). The number of rotatable bonds is 5. The van der Waals surface area contributed by atoms with Gasteiger partial charge in [-0.25, -0.2) is 4.79 Å². The van der Waals surface area contributed by atoms with Gasteiger partial charge in [0.2, 0.25) is 5.91 Å². The van der Waals surface area contributed by atoms with Gasteiger partial charge in [0, 0.05) is 12.1 Å². The van der Waals surface area contributed by atoms with Gasteiger partial charge in [-0.05, 0) is 24.0 Å². The summed E-state index contributed by atoms with van der Waals surface area (Å²) < 4.78 is 5.30. The van der Waals surface area contributed by atoms with E-state index < -0.39 is 16.9 Å². The first kappa shape index (κ1) is 16.1. The quantitative estimate of drug-likeness (QED) is 0.346. The zero-order valence-electron chi connectivity index (χ0n) is 12.2. The molecule has 23 heavy (non-hydrogen) atoms. The Balaban J connectivity index is 1.62. The van der Waals surface area contributed by atoms with Gasteiger partial charge in [0.1, 0.15) is 6.61 Å². The average molecular weight is 354 g/mol. The highest BCUT2D eigenvalue weighted by Crippen LogP contribution is 2.48. The van der Waals surface area contributed by atoms with Crippen LogP contribution >= 0.6 is 23.5 Å². The Morgan fingerprint density at radius 1 is 1.48 bits per heavy atom. The molecule has 1 aromatic carbocycles. The maximum absolute atomic E-state index is 12.3. The van der Waals surface area contributed by atoms with Crippen molar-refractivity contribution in [2.45, 2.75) is 29.0 Å². The number of fused-ring (bicyclic) bond motifs is 1. The van der Waals surface area contributed by atoms with Crippen molar-refractivity contribution in [3.05, 3.63) is 39.9 Å². The number of benzene rings is 1. The molecule has 7 nitrogen and oxygen atoms in total. The van der Waals surface area contributed by atoms with Crippen LogP contribution in [0.4, 0.5) is 5.69 Å². The van der Waals surface area contributed by atoms with Crippen LogP contribution in [0.25, 0.3) is 0 Å². The monoisotopic (exact) mass is 354 g/mol. The number of esters is 1. The van der Waals surface area contributed by atoms with E-state index in [1.165, 1.54) is 23.9 Å². The fraction of sp³-hybridized carbons (Fsp3) is 0.429. The molecule has 0 radical (unpaired) electrons. The summed E-state index contributed by atoms with van der Waals surface area (Å²) >= 11 is 3.16. The number of nitro benzene ring substituents is 1. The minimum Gasteiger partial charge on any atom is -0.459 e. The summed E-state index contributed by atoms with van der Waals surface area (Å²) in [5.74, 6) is -0.443. The normalized spacial score (nSPS) is 25.7. The first-order valence-corrected chi connectivity index (χ1v) is 9.13. The third-order valence-corrected chi connectivity index (χ3v) is 6.67. The standard InChI is InChI=1S/C14H14N2O5S2/c1-22-14-12(15-10(17)6-11(15)23-14)13(18)21-7-8-2-4-9(5-3-8)16(19)20/h2-5,11-12,14H,6-7H2,1H3/t11-,12+,14+/m0/s1. The van der Waals surface area contributed by atoms with Crippen molar-refractivity contribution in [3.8, 4) is 0 Å². The molecule has 3 atom stereocenters. The van der Waals surface area contributed by atoms with Crippen molar-refractivity contribution in [2.75, 3.05) is 6.26 Å². The Morgan fingerprint density at radius 3 is 2.74 bits per heavy atom. The smallest absolute Gasteiger partial charge is 0.331 e. The van der Waals surface area contributed by atoms with Crippen molar-refractivity contribution in [3.63, 3.8) is 0 Å². The topological polar surface area (TPSA) is 89.8 Å². The number of amides is 1. The van der Waals surface area contributed by atoms with Crippen LogP contribution in [-0.2, 0) is 20.9 Å². The van der Waals surface area contributed by atoms with Crippen molar-refractivity contribution >= 4 is 41.1 Å². The molecule has 1 amide bonds. The Bertz CT molecular complexity index is 651. The van der Waals surface area contributed by atoms with E-state index in [1.54, 1.807) is 28.8 Å². The molecule has 0 unspecified atom stereocenters. The molecule has 2 fully saturated rings. The summed E-state index contributed by atoms with van der Waals surface area (Å²) in [7, 11) is 0. The maximum atomic E-state index is 12.3. The second-order valence-corrected chi connectivity index (χ2v) is 7.78. The van der Waals surface area contributed by atoms with Crippen LogP contribution in [0.1, 0.15) is 12.0 Å². The zero-order valence-corrected chi connectivity index (χ0v) is 13.8. The third kappa shape index (κ3) is 3.02. The lowest BCUT2D eigenvalue weighted by Crippen LogP contribution is -2.55. The molecule has 0 bridgehead atoms. The number of ether oxygens (including phenoxy) is 1. The van der Waals surface area contributed by atoms with Gasteiger partial charge in [-0.15, -0.1) is 23.5 Å². The van der Waals surface area contributed by atoms with Crippen molar-refractivity contribution in [1.82, 2.24) is 4.90 Å². The van der Waals surface area contributed by atoms with Crippen molar-refractivity contribution < 1.29 is 19.2 Å². The van der Waals surface area contributed by atoms with Crippen LogP contribution in [0, 0.1) is 10.1 Å². The van der Waals surface area contributed by atoms with E-state index in [0.29, 0.717) is 12.0 Å². The van der Waals surface area contributed by atoms with Crippen molar-refractivity contribution in [1.29, 1.82) is 0 Å². The summed E-state index contributed by atoms with van der Waals surface area (Å²) in [5, 5.41) is 10.7. The van der Waals surface area contributed by atoms with Gasteiger partial charge in [-0.2, -0.15) is 0 Å². The van der Waals surface area contributed by atoms with E-state index in [2.05, 4.69) is 0 Å². The molecule has 2 aliphatic heterocycles. The molecule has 2 heterocycles. The predicted octanol–water partition coefficient (Wildman–Crippen LogP) is 2.00. The summed E-state index contributed by atoms with van der Waals surface area (Å²) in [6, 6.07) is 5.29. The molecular weight excluding hydrogens is 340 g/mol. The number of nitro groups is 1. The minimum atomic E-state index is -0.556. The van der Waals surface area contributed by atoms with E-state index in [9.17, 15) is 19.7 Å². The van der Waals surface area contributed by atoms with Gasteiger partial charge in [-0.3, -0.25) is 14.9 Å². The van der Waals surface area contributed by atoms with Crippen molar-refractivity contribution in [2.24, 2.45) is 0 Å². The van der Waals surface area contributed by atoms with E-state index in [0.717, 1.165) is 0 Å². The number of β-lactam (4-membered cyclic amide) rings is 1. The van der Waals surface area contributed by atoms with E-state index in [1.807, 2.05) is 6.26 Å². The number of carbonyl (C=O) groups excluding carboxylic acids is 2. The van der Waals surface area contributed by atoms with Gasteiger partial charge in [-0.1, -0.05) is 0 Å². The van der Waals surface area contributed by atoms with Crippen LogP contribution in [0.2, 0.25) is 0 Å². The molecule has 0 aliphatic carbocycles. The second-order valence-electron chi connectivity index (χ2n) is 5.18. The van der Waals surface area contributed by atoms with E-state index in [-0.39, 0.29) is 28.2 Å². The molecule has 9 heteroatoms. The van der Waals surface area contributed by atoms with E-state index in [4.69, 9.17) is 4.74 Å². The highest BCUT2D eigenvalue weighted by Gasteiger charge is 2.55. The summed E-state index contributed by atoms with van der Waals surface area (Å²) in [5.41, 5.74) is 0.658. The van der Waals surface area contributed by atoms with Gasteiger partial charge < -0.3 is 9.64 Å². The lowest BCUT2D eigenvalue weighted by Gasteiger charge is -2.36. The van der Waals surface area contributed by atoms with Gasteiger partial charge in [0.05, 0.1) is 21.3 Å². The Kier molecular flexibility index (Phi) is 4.49. The number of nitrogens with zero attached hydrogens (tertiary/aromatic N) is 2. The van der Waals surface area contributed by atoms with Crippen LogP contribution in [0.5, 0.6) is 0 Å². The maximum Gasteiger partial charge on any atom is 0.331 e. The SMILES string of the molecule is CS[C@@H]1S[C@H]2CC(=O)N2[C@@H]1C(=O)OCc1ccc([N+](=O)[O-])cc1. The molecule has 2 saturated heterocycles. The highest BCUT2D eigenvalue weighted by atomic mass is 32.2. The third-order valence-electron chi connectivity index (χ3n) is 3.80. The molecule has 1 aromatic rings. The Hall–Kier alpha value is -1.74. The average Bonchev–Trinajstić information content (AvgIpc) is 2.85. The lowest BCUT2D eigenvalue weighted by atomic mass is 10.1. The fourth-order valence-electron chi connectivity index (χ4n) is 2.57. The number of carbonyl (C=O) groups is 2. The fourth-order valence-corrected chi connectivity index (χ4v) is 5.22. The van der Waals surface area contributed by atoms with Gasteiger partial charge in [0.25, 0.3) is 5.69 Å². The predicted molar refractivity (Wildman–Crippen MR) is 86.8 cm³/mol. The molecule has 0 saturated carbocycles. The number of thioether (sulfide) groups is 2. The molecule has 0 spiro atoms. The van der Waals surface area contributed by atoms with Crippen LogP contribution in [-0.4, -0.2) is 44.0 Å². The molecule has 122 valence electrons. The number of hydrogen-bond acceptors (Lipinski definition) is 7. The summed E-state index contributed by atoms with van der Waals surface area (Å²) in [6.45, 7) is 0.0335. The molecular formula is C14H14N2O5S2. The van der Waals surface area contributed by atoms with Crippen LogP contribution < -0.4 is 0 Å². The molecule has 0 aromatic heterocycles. The van der Waals surface area contributed by atoms with Gasteiger partial charge >= 0.3 is 5.97 Å². The zero-order chi connectivity index (χ0) is 16.6. The van der Waals surface area contributed by atoms with E-state index >= 15 is 0 Å². The highest BCUT2D eigenvalue weighted by molar-refractivity contribution is 8.17. The lowest BCUT2D eigenvalue weighted by molar-refractivity contribution is -0.384. The summed E-state index contributed by atoms with van der Waals surface area (Å²) in [6.07, 6.45) is 2.39. The second kappa shape index (κ2) is 6.40. The first-order chi connectivity index (χ1) is 11.0. The molecule has 0 N–H and O–H groups in total. The molecule has 2 aliphatic rings. The summed E-state index contributed by atoms with van der Waals surface area (Å²) in [4.78, 5) is 35.8. The van der Waals surface area contributed by atoms with Crippen LogP contribution in [0.15, 0.2) is 24.3 Å². The van der Waals surface area contributed by atoms with Crippen LogP contribution in [0.3, 0.4) is 0 Å². The number of hydrogen-bond donors (Lipinski definition) is 0. The first-order valence-electron chi connectivity index (χ1n) is 6.90. The van der Waals surface area contributed by atoms with Gasteiger partial charge in [0.15, 0.2) is 6.04 Å². The Morgan fingerprint density at radius 2 is 2.17 bits per heavy atom. The minimum absolute atomic E-state index is 0.0104. The number of non-ortho nitro benzene ring substituents is 1.